The Kier molecular flexibility index (Phi) is 9.09. The SMILES string of the molecule is CCc1nccc(-c2cccnc2Oc2ccc(F)c(C(=O)Nc3cc(C(F)(F)F)ccc3N(C)C3CCN(C)CC3)c2)n1. The highest BCUT2D eigenvalue weighted by Crippen LogP contribution is 2.37. The van der Waals surface area contributed by atoms with Crippen LogP contribution in [0.1, 0.15) is 41.5 Å². The topological polar surface area (TPSA) is 83.5 Å². The van der Waals surface area contributed by atoms with Gasteiger partial charge in [-0.2, -0.15) is 13.2 Å². The lowest BCUT2D eigenvalue weighted by Gasteiger charge is -2.37. The van der Waals surface area contributed by atoms with Crippen LogP contribution in [0.15, 0.2) is 67.0 Å². The molecule has 12 heteroatoms. The van der Waals surface area contributed by atoms with E-state index in [1.807, 2.05) is 18.9 Å². The van der Waals surface area contributed by atoms with Crippen molar-refractivity contribution in [3.8, 4) is 22.9 Å². The number of piperidine rings is 1. The van der Waals surface area contributed by atoms with Crippen molar-refractivity contribution in [3.05, 3.63) is 89.8 Å². The number of carbonyl (C=O) groups is 1. The van der Waals surface area contributed by atoms with Gasteiger partial charge in [0.1, 0.15) is 17.4 Å². The molecular formula is C32H32F4N6O2. The minimum atomic E-state index is -4.63. The third kappa shape index (κ3) is 6.96. The molecule has 2 aromatic heterocycles. The van der Waals surface area contributed by atoms with E-state index in [1.54, 1.807) is 31.4 Å². The minimum Gasteiger partial charge on any atom is -0.438 e. The molecule has 5 rings (SSSR count). The molecule has 8 nitrogen and oxygen atoms in total. The molecule has 1 aliphatic rings. The summed E-state index contributed by atoms with van der Waals surface area (Å²) < 4.78 is 61.9. The number of pyridine rings is 1. The highest BCUT2D eigenvalue weighted by Gasteiger charge is 2.32. The highest BCUT2D eigenvalue weighted by molar-refractivity contribution is 6.06. The number of likely N-dealkylation sites (tertiary alicyclic amines) is 1. The molecule has 230 valence electrons. The quantitative estimate of drug-likeness (QED) is 0.220. The Morgan fingerprint density at radius 1 is 1.07 bits per heavy atom. The second kappa shape index (κ2) is 13.0. The average Bonchev–Trinajstić information content (AvgIpc) is 3.02. The number of anilines is 2. The van der Waals surface area contributed by atoms with Crippen LogP contribution in [-0.2, 0) is 12.6 Å². The minimum absolute atomic E-state index is 0.0583. The summed E-state index contributed by atoms with van der Waals surface area (Å²) in [5.74, 6) is -0.875. The number of ether oxygens (including phenoxy) is 1. The van der Waals surface area contributed by atoms with Crippen LogP contribution in [0.4, 0.5) is 28.9 Å². The van der Waals surface area contributed by atoms with E-state index in [1.165, 1.54) is 24.4 Å². The van der Waals surface area contributed by atoms with Crippen molar-refractivity contribution in [2.24, 2.45) is 0 Å². The second-order valence-corrected chi connectivity index (χ2v) is 10.6. The smallest absolute Gasteiger partial charge is 0.416 e. The molecule has 1 fully saturated rings. The summed E-state index contributed by atoms with van der Waals surface area (Å²) in [6.45, 7) is 3.61. The van der Waals surface area contributed by atoms with Gasteiger partial charge in [-0.15, -0.1) is 0 Å². The standard InChI is InChI=1S/C32H32F4N6O2/c1-4-29-37-15-11-26(39-29)23-6-5-14-38-31(23)44-22-8-9-25(33)24(19-22)30(43)40-27-18-20(32(34,35)36)7-10-28(27)42(3)21-12-16-41(2)17-13-21/h5-11,14-15,18-19,21H,4,12-13,16-17H2,1-3H3,(H,40,43). The zero-order valence-electron chi connectivity index (χ0n) is 24.5. The fourth-order valence-electron chi connectivity index (χ4n) is 5.13. The predicted octanol–water partition coefficient (Wildman–Crippen LogP) is 6.83. The van der Waals surface area contributed by atoms with Crippen molar-refractivity contribution in [2.45, 2.75) is 38.4 Å². The maximum Gasteiger partial charge on any atom is 0.416 e. The van der Waals surface area contributed by atoms with Crippen LogP contribution in [0.5, 0.6) is 11.6 Å². The normalized spacial score (nSPS) is 14.3. The van der Waals surface area contributed by atoms with Crippen molar-refractivity contribution in [1.82, 2.24) is 19.9 Å². The van der Waals surface area contributed by atoms with Crippen molar-refractivity contribution in [2.75, 3.05) is 37.4 Å². The van der Waals surface area contributed by atoms with Crippen LogP contribution in [0.25, 0.3) is 11.3 Å². The molecule has 44 heavy (non-hydrogen) atoms. The lowest BCUT2D eigenvalue weighted by Crippen LogP contribution is -2.42. The first-order valence-electron chi connectivity index (χ1n) is 14.2. The van der Waals surface area contributed by atoms with Gasteiger partial charge in [0.05, 0.1) is 33.8 Å². The van der Waals surface area contributed by atoms with Crippen molar-refractivity contribution < 1.29 is 27.1 Å². The monoisotopic (exact) mass is 608 g/mol. The first kappa shape index (κ1) is 30.9. The molecule has 0 unspecified atom stereocenters. The van der Waals surface area contributed by atoms with Gasteiger partial charge in [-0.1, -0.05) is 6.92 Å². The van der Waals surface area contributed by atoms with E-state index in [2.05, 4.69) is 25.2 Å². The molecule has 0 aliphatic carbocycles. The largest absolute Gasteiger partial charge is 0.438 e. The summed E-state index contributed by atoms with van der Waals surface area (Å²) in [5, 5.41) is 2.53. The van der Waals surface area contributed by atoms with Crippen molar-refractivity contribution >= 4 is 17.3 Å². The number of hydrogen-bond acceptors (Lipinski definition) is 7. The van der Waals surface area contributed by atoms with E-state index >= 15 is 4.39 Å². The molecule has 0 radical (unpaired) electrons. The van der Waals surface area contributed by atoms with Gasteiger partial charge in [0.15, 0.2) is 0 Å². The van der Waals surface area contributed by atoms with Gasteiger partial charge >= 0.3 is 6.18 Å². The number of carbonyl (C=O) groups excluding carboxylic acids is 1. The van der Waals surface area contributed by atoms with Gasteiger partial charge < -0.3 is 19.9 Å². The molecule has 0 atom stereocenters. The maximum absolute atomic E-state index is 15.0. The summed E-state index contributed by atoms with van der Waals surface area (Å²) in [6.07, 6.45) is 0.755. The van der Waals surface area contributed by atoms with E-state index in [0.29, 0.717) is 29.2 Å². The third-order valence-electron chi connectivity index (χ3n) is 7.65. The van der Waals surface area contributed by atoms with Crippen LogP contribution in [0.3, 0.4) is 0 Å². The van der Waals surface area contributed by atoms with E-state index in [0.717, 1.165) is 44.1 Å². The summed E-state index contributed by atoms with van der Waals surface area (Å²) in [7, 11) is 3.80. The zero-order chi connectivity index (χ0) is 31.4. The van der Waals surface area contributed by atoms with Crippen LogP contribution in [0.2, 0.25) is 0 Å². The molecule has 1 N–H and O–H groups in total. The Labute approximate surface area is 252 Å². The number of aryl methyl sites for hydroxylation is 1. The van der Waals surface area contributed by atoms with Gasteiger partial charge in [-0.25, -0.2) is 19.3 Å². The van der Waals surface area contributed by atoms with Crippen molar-refractivity contribution in [3.63, 3.8) is 0 Å². The molecule has 3 heterocycles. The number of rotatable bonds is 8. The molecule has 2 aromatic carbocycles. The summed E-state index contributed by atoms with van der Waals surface area (Å²) in [4.78, 5) is 30.5. The lowest BCUT2D eigenvalue weighted by atomic mass is 10.0. The number of alkyl halides is 3. The number of hydrogen-bond donors (Lipinski definition) is 1. The zero-order valence-corrected chi connectivity index (χ0v) is 24.5. The Morgan fingerprint density at radius 3 is 2.57 bits per heavy atom. The highest BCUT2D eigenvalue weighted by atomic mass is 19.4. The van der Waals surface area contributed by atoms with E-state index < -0.39 is 29.0 Å². The van der Waals surface area contributed by atoms with Crippen LogP contribution < -0.4 is 15.0 Å². The van der Waals surface area contributed by atoms with Crippen LogP contribution in [-0.4, -0.2) is 59.0 Å². The number of aromatic nitrogens is 3. The fourth-order valence-corrected chi connectivity index (χ4v) is 5.13. The number of nitrogens with zero attached hydrogens (tertiary/aromatic N) is 5. The fraction of sp³-hybridized carbons (Fsp3) is 0.312. The summed E-state index contributed by atoms with van der Waals surface area (Å²) in [6, 6.07) is 12.0. The Bertz CT molecular complexity index is 1640. The molecule has 1 amide bonds. The number of benzene rings is 2. The first-order chi connectivity index (χ1) is 21.0. The van der Waals surface area contributed by atoms with E-state index in [4.69, 9.17) is 4.74 Å². The van der Waals surface area contributed by atoms with Crippen molar-refractivity contribution in [1.29, 1.82) is 0 Å². The van der Waals surface area contributed by atoms with Gasteiger partial charge in [0.2, 0.25) is 5.88 Å². The lowest BCUT2D eigenvalue weighted by molar-refractivity contribution is -0.137. The molecular weight excluding hydrogens is 576 g/mol. The van der Waals surface area contributed by atoms with E-state index in [9.17, 15) is 18.0 Å². The molecule has 1 aliphatic heterocycles. The number of amides is 1. The van der Waals surface area contributed by atoms with E-state index in [-0.39, 0.29) is 23.4 Å². The molecule has 4 aromatic rings. The Morgan fingerprint density at radius 2 is 1.84 bits per heavy atom. The molecule has 0 saturated carbocycles. The van der Waals surface area contributed by atoms with Crippen LogP contribution >= 0.6 is 0 Å². The molecule has 1 saturated heterocycles. The van der Waals surface area contributed by atoms with Gasteiger partial charge in [0.25, 0.3) is 5.91 Å². The Hall–Kier alpha value is -4.58. The summed E-state index contributed by atoms with van der Waals surface area (Å²) in [5.41, 5.74) is 0.143. The second-order valence-electron chi connectivity index (χ2n) is 10.6. The Balaban J connectivity index is 1.43. The van der Waals surface area contributed by atoms with Gasteiger partial charge in [-0.3, -0.25) is 4.79 Å². The maximum atomic E-state index is 15.0. The molecule has 0 bridgehead atoms. The number of nitrogens with one attached hydrogen (secondary N) is 1. The average molecular weight is 609 g/mol. The third-order valence-corrected chi connectivity index (χ3v) is 7.65. The summed E-state index contributed by atoms with van der Waals surface area (Å²) >= 11 is 0. The first-order valence-corrected chi connectivity index (χ1v) is 14.2. The van der Waals surface area contributed by atoms with Crippen LogP contribution in [0, 0.1) is 5.82 Å². The number of halogens is 4. The van der Waals surface area contributed by atoms with Gasteiger partial charge in [0, 0.05) is 31.9 Å². The van der Waals surface area contributed by atoms with Gasteiger partial charge in [-0.05, 0) is 87.6 Å². The predicted molar refractivity (Wildman–Crippen MR) is 159 cm³/mol. The molecule has 0 spiro atoms.